The number of hydrogen-bond donors (Lipinski definition) is 0. The van der Waals surface area contributed by atoms with Gasteiger partial charge in [-0.1, -0.05) is 36.4 Å². The highest BCUT2D eigenvalue weighted by Gasteiger charge is 2.15. The monoisotopic (exact) mass is 354 g/mol. The Bertz CT molecular complexity index is 1320. The van der Waals surface area contributed by atoms with Gasteiger partial charge in [-0.2, -0.15) is 0 Å². The highest BCUT2D eigenvalue weighted by Crippen LogP contribution is 2.33. The molecule has 0 spiro atoms. The summed E-state index contributed by atoms with van der Waals surface area (Å²) in [5.74, 6) is -0.431. The van der Waals surface area contributed by atoms with Crippen LogP contribution >= 0.6 is 0 Å². The molecular formula is C22H14N2O3. The quantitative estimate of drug-likeness (QED) is 0.330. The zero-order valence-electron chi connectivity index (χ0n) is 14.5. The summed E-state index contributed by atoms with van der Waals surface area (Å²) in [7, 11) is 1.35. The van der Waals surface area contributed by atoms with Crippen molar-refractivity contribution >= 4 is 39.0 Å². The molecule has 5 nitrogen and oxygen atoms in total. The van der Waals surface area contributed by atoms with Crippen molar-refractivity contribution in [2.75, 3.05) is 7.11 Å². The van der Waals surface area contributed by atoms with E-state index in [4.69, 9.17) is 14.1 Å². The van der Waals surface area contributed by atoms with Gasteiger partial charge in [0.25, 0.3) is 0 Å². The van der Waals surface area contributed by atoms with E-state index in [1.807, 2.05) is 48.5 Å². The zero-order chi connectivity index (χ0) is 18.4. The van der Waals surface area contributed by atoms with Crippen molar-refractivity contribution in [3.8, 4) is 11.1 Å². The van der Waals surface area contributed by atoms with Gasteiger partial charge < -0.3 is 9.15 Å². The minimum absolute atomic E-state index is 0.397. The Morgan fingerprint density at radius 2 is 1.74 bits per heavy atom. The number of hydrogen-bond acceptors (Lipinski definition) is 5. The van der Waals surface area contributed by atoms with Crippen molar-refractivity contribution in [3.63, 3.8) is 0 Å². The fourth-order valence-electron chi connectivity index (χ4n) is 3.34. The lowest BCUT2D eigenvalue weighted by Crippen LogP contribution is -2.03. The molecule has 0 radical (unpaired) electrons. The van der Waals surface area contributed by atoms with E-state index in [0.717, 1.165) is 27.6 Å². The van der Waals surface area contributed by atoms with Crippen LogP contribution in [0.4, 0.5) is 0 Å². The summed E-state index contributed by atoms with van der Waals surface area (Å²) in [6.07, 6.45) is 1.75. The molecule has 2 heterocycles. The van der Waals surface area contributed by atoms with Crippen LogP contribution in [0.5, 0.6) is 0 Å². The van der Waals surface area contributed by atoms with Crippen molar-refractivity contribution in [1.29, 1.82) is 0 Å². The van der Waals surface area contributed by atoms with E-state index >= 15 is 0 Å². The number of rotatable bonds is 2. The molecule has 0 saturated heterocycles. The Balaban J connectivity index is 1.79. The largest absolute Gasteiger partial charge is 0.465 e. The van der Waals surface area contributed by atoms with Gasteiger partial charge in [0.1, 0.15) is 11.1 Å². The third kappa shape index (κ3) is 2.44. The van der Waals surface area contributed by atoms with Gasteiger partial charge in [-0.25, -0.2) is 14.8 Å². The lowest BCUT2D eigenvalue weighted by molar-refractivity contribution is 0.0603. The van der Waals surface area contributed by atoms with Crippen molar-refractivity contribution in [2.24, 2.45) is 0 Å². The van der Waals surface area contributed by atoms with Gasteiger partial charge in [-0.15, -0.1) is 0 Å². The summed E-state index contributed by atoms with van der Waals surface area (Å²) in [6, 6.07) is 19.2. The average Bonchev–Trinajstić information content (AvgIpc) is 3.12. The molecule has 5 rings (SSSR count). The van der Waals surface area contributed by atoms with E-state index in [1.165, 1.54) is 7.11 Å². The molecule has 0 saturated carbocycles. The SMILES string of the molecule is COC(=O)c1cccc2nc3cc4c(-c5ccccc5)coc4cc3nc12. The lowest BCUT2D eigenvalue weighted by Gasteiger charge is -2.06. The van der Waals surface area contributed by atoms with E-state index in [2.05, 4.69) is 4.98 Å². The number of para-hydroxylation sites is 1. The Kier molecular flexibility index (Phi) is 3.40. The van der Waals surface area contributed by atoms with E-state index in [-0.39, 0.29) is 0 Å². The normalized spacial score (nSPS) is 11.3. The molecule has 5 heteroatoms. The number of methoxy groups -OCH3 is 1. The van der Waals surface area contributed by atoms with Gasteiger partial charge in [-0.05, 0) is 23.8 Å². The smallest absolute Gasteiger partial charge is 0.340 e. The summed E-state index contributed by atoms with van der Waals surface area (Å²) < 4.78 is 10.6. The van der Waals surface area contributed by atoms with Gasteiger partial charge in [0, 0.05) is 17.0 Å². The maximum atomic E-state index is 12.0. The zero-order valence-corrected chi connectivity index (χ0v) is 14.5. The van der Waals surface area contributed by atoms with Gasteiger partial charge in [0.05, 0.1) is 35.5 Å². The molecule has 0 bridgehead atoms. The lowest BCUT2D eigenvalue weighted by atomic mass is 10.0. The summed E-state index contributed by atoms with van der Waals surface area (Å²) in [4.78, 5) is 21.4. The predicted molar refractivity (Wildman–Crippen MR) is 104 cm³/mol. The molecule has 0 N–H and O–H groups in total. The van der Waals surface area contributed by atoms with Crippen LogP contribution in [0.1, 0.15) is 10.4 Å². The fraction of sp³-hybridized carbons (Fsp3) is 0.0455. The van der Waals surface area contributed by atoms with Crippen molar-refractivity contribution in [2.45, 2.75) is 0 Å². The molecule has 0 amide bonds. The summed E-state index contributed by atoms with van der Waals surface area (Å²) >= 11 is 0. The highest BCUT2D eigenvalue weighted by atomic mass is 16.5. The molecule has 0 atom stereocenters. The molecule has 0 unspecified atom stereocenters. The van der Waals surface area contributed by atoms with Gasteiger partial charge in [0.15, 0.2) is 0 Å². The van der Waals surface area contributed by atoms with Crippen LogP contribution in [0.15, 0.2) is 71.3 Å². The van der Waals surface area contributed by atoms with Crippen LogP contribution in [0.3, 0.4) is 0 Å². The standard InChI is InChI=1S/C22H14N2O3/c1-26-22(25)14-8-5-9-17-21(14)24-19-11-20-15(10-18(19)23-17)16(12-27-20)13-6-3-2-4-7-13/h2-12H,1H3. The van der Waals surface area contributed by atoms with Crippen LogP contribution in [0, 0.1) is 0 Å². The van der Waals surface area contributed by atoms with Gasteiger partial charge in [0.2, 0.25) is 0 Å². The second-order valence-electron chi connectivity index (χ2n) is 6.24. The number of carbonyl (C=O) groups is 1. The van der Waals surface area contributed by atoms with E-state index < -0.39 is 5.97 Å². The predicted octanol–water partition coefficient (Wildman–Crippen LogP) is 4.98. The maximum Gasteiger partial charge on any atom is 0.340 e. The number of fused-ring (bicyclic) bond motifs is 3. The number of ether oxygens (including phenoxy) is 1. The summed E-state index contributed by atoms with van der Waals surface area (Å²) in [6.45, 7) is 0. The molecule has 2 aromatic heterocycles. The minimum Gasteiger partial charge on any atom is -0.465 e. The first-order valence-electron chi connectivity index (χ1n) is 8.50. The van der Waals surface area contributed by atoms with Crippen LogP contribution in [-0.2, 0) is 4.74 Å². The number of nitrogens with zero attached hydrogens (tertiary/aromatic N) is 2. The molecule has 3 aromatic carbocycles. The van der Waals surface area contributed by atoms with Crippen LogP contribution in [0.2, 0.25) is 0 Å². The second-order valence-corrected chi connectivity index (χ2v) is 6.24. The molecule has 0 fully saturated rings. The van der Waals surface area contributed by atoms with Gasteiger partial charge >= 0.3 is 5.97 Å². The topological polar surface area (TPSA) is 65.2 Å². The number of benzene rings is 3. The molecule has 0 aliphatic carbocycles. The maximum absolute atomic E-state index is 12.0. The molecule has 0 aliphatic heterocycles. The number of aromatic nitrogens is 2. The Hall–Kier alpha value is -3.73. The fourth-order valence-corrected chi connectivity index (χ4v) is 3.34. The molecule has 130 valence electrons. The third-order valence-electron chi connectivity index (χ3n) is 4.65. The second kappa shape index (κ2) is 5.92. The van der Waals surface area contributed by atoms with Crippen LogP contribution < -0.4 is 0 Å². The van der Waals surface area contributed by atoms with Crippen molar-refractivity contribution in [1.82, 2.24) is 9.97 Å². The van der Waals surface area contributed by atoms with Crippen molar-refractivity contribution < 1.29 is 13.9 Å². The Morgan fingerprint density at radius 1 is 0.926 bits per heavy atom. The van der Waals surface area contributed by atoms with Gasteiger partial charge in [-0.3, -0.25) is 0 Å². The first-order chi connectivity index (χ1) is 13.2. The van der Waals surface area contributed by atoms with Crippen LogP contribution in [0.25, 0.3) is 44.2 Å². The average molecular weight is 354 g/mol. The molecule has 5 aromatic rings. The first-order valence-corrected chi connectivity index (χ1v) is 8.50. The van der Waals surface area contributed by atoms with E-state index in [9.17, 15) is 4.79 Å². The minimum atomic E-state index is -0.431. The molecule has 0 aliphatic rings. The summed E-state index contributed by atoms with van der Waals surface area (Å²) in [5.41, 5.74) is 5.80. The number of esters is 1. The summed E-state index contributed by atoms with van der Waals surface area (Å²) in [5, 5.41) is 0.978. The van der Waals surface area contributed by atoms with Crippen molar-refractivity contribution in [3.05, 3.63) is 72.5 Å². The highest BCUT2D eigenvalue weighted by molar-refractivity contribution is 6.06. The Labute approximate surface area is 154 Å². The Morgan fingerprint density at radius 3 is 2.56 bits per heavy atom. The van der Waals surface area contributed by atoms with Crippen LogP contribution in [-0.4, -0.2) is 23.0 Å². The number of carbonyl (C=O) groups excluding carboxylic acids is 1. The molecule has 27 heavy (non-hydrogen) atoms. The number of furan rings is 1. The van der Waals surface area contributed by atoms with E-state index in [1.54, 1.807) is 18.4 Å². The van der Waals surface area contributed by atoms with E-state index in [0.29, 0.717) is 22.1 Å². The third-order valence-corrected chi connectivity index (χ3v) is 4.65. The molecular weight excluding hydrogens is 340 g/mol. The first kappa shape index (κ1) is 15.5.